The Labute approximate surface area is 72.3 Å². The fourth-order valence-electron chi connectivity index (χ4n) is 1.23. The maximum atomic E-state index is 12.2. The molecule has 1 fully saturated rings. The van der Waals surface area contributed by atoms with Crippen LogP contribution in [0, 0.1) is 0 Å². The van der Waals surface area contributed by atoms with Gasteiger partial charge in [-0.15, -0.1) is 0 Å². The lowest BCUT2D eigenvalue weighted by atomic mass is 10.2. The minimum atomic E-state index is -4.49. The summed E-state index contributed by atoms with van der Waals surface area (Å²) in [6, 6.07) is -1.92. The molecule has 13 heavy (non-hydrogen) atoms. The number of amides is 1. The summed E-state index contributed by atoms with van der Waals surface area (Å²) in [5.74, 6) is 0. The third-order valence-electron chi connectivity index (χ3n) is 1.87. The lowest BCUT2D eigenvalue weighted by molar-refractivity contribution is -0.180. The lowest BCUT2D eigenvalue weighted by Gasteiger charge is -2.34. The highest BCUT2D eigenvalue weighted by Crippen LogP contribution is 2.25. The molecule has 1 rings (SSSR count). The van der Waals surface area contributed by atoms with Gasteiger partial charge in [-0.2, -0.15) is 13.2 Å². The molecular weight excluding hydrogens is 189 g/mol. The Morgan fingerprint density at radius 3 is 2.54 bits per heavy atom. The highest BCUT2D eigenvalue weighted by molar-refractivity contribution is 5.65. The van der Waals surface area contributed by atoms with Crippen molar-refractivity contribution in [2.24, 2.45) is 0 Å². The fourth-order valence-corrected chi connectivity index (χ4v) is 1.23. The Kier molecular flexibility index (Phi) is 2.65. The second-order valence-electron chi connectivity index (χ2n) is 2.74. The second-order valence-corrected chi connectivity index (χ2v) is 2.74. The molecule has 4 nitrogen and oxygen atoms in total. The van der Waals surface area contributed by atoms with Crippen molar-refractivity contribution in [3.05, 3.63) is 0 Å². The van der Waals surface area contributed by atoms with E-state index < -0.39 is 18.3 Å². The van der Waals surface area contributed by atoms with E-state index in [1.165, 1.54) is 0 Å². The molecule has 2 N–H and O–H groups in total. The van der Waals surface area contributed by atoms with E-state index in [0.717, 1.165) is 0 Å². The smallest absolute Gasteiger partial charge is 0.410 e. The zero-order chi connectivity index (χ0) is 10.1. The van der Waals surface area contributed by atoms with E-state index in [1.54, 1.807) is 0 Å². The highest BCUT2D eigenvalue weighted by atomic mass is 19.4. The van der Waals surface area contributed by atoms with E-state index in [-0.39, 0.29) is 19.6 Å². The van der Waals surface area contributed by atoms with Gasteiger partial charge in [0.25, 0.3) is 0 Å². The zero-order valence-corrected chi connectivity index (χ0v) is 6.64. The van der Waals surface area contributed by atoms with Crippen LogP contribution in [0.4, 0.5) is 18.0 Å². The van der Waals surface area contributed by atoms with E-state index in [9.17, 15) is 18.0 Å². The molecule has 1 aliphatic heterocycles. The number of rotatable bonds is 0. The van der Waals surface area contributed by atoms with Gasteiger partial charge in [0, 0.05) is 19.6 Å². The molecule has 0 radical (unpaired) electrons. The van der Waals surface area contributed by atoms with Gasteiger partial charge >= 0.3 is 12.3 Å². The second kappa shape index (κ2) is 3.41. The molecule has 0 aliphatic carbocycles. The standard InChI is InChI=1S/C6H9F3N2O2/c7-6(8,9)4-3-10-1-2-11(4)5(12)13/h4,10H,1-3H2,(H,12,13). The van der Waals surface area contributed by atoms with Crippen LogP contribution in [0.3, 0.4) is 0 Å². The molecule has 0 saturated carbocycles. The number of nitrogens with one attached hydrogen (secondary N) is 1. The highest BCUT2D eigenvalue weighted by Gasteiger charge is 2.46. The number of hydrogen-bond donors (Lipinski definition) is 2. The molecular formula is C6H9F3N2O2. The van der Waals surface area contributed by atoms with E-state index >= 15 is 0 Å². The Hall–Kier alpha value is -0.980. The third kappa shape index (κ3) is 2.24. The first-order valence-corrected chi connectivity index (χ1v) is 3.70. The Balaban J connectivity index is 2.73. The quantitative estimate of drug-likeness (QED) is 0.596. The maximum Gasteiger partial charge on any atom is 0.410 e. The monoisotopic (exact) mass is 198 g/mol. The average molecular weight is 198 g/mol. The van der Waals surface area contributed by atoms with Crippen LogP contribution in [0.2, 0.25) is 0 Å². The summed E-state index contributed by atoms with van der Waals surface area (Å²) in [5, 5.41) is 11.0. The topological polar surface area (TPSA) is 52.6 Å². The summed E-state index contributed by atoms with van der Waals surface area (Å²) in [5.41, 5.74) is 0. The van der Waals surface area contributed by atoms with Gasteiger partial charge in [-0.05, 0) is 0 Å². The van der Waals surface area contributed by atoms with Crippen molar-refractivity contribution in [2.45, 2.75) is 12.2 Å². The van der Waals surface area contributed by atoms with Gasteiger partial charge in [-0.25, -0.2) is 4.79 Å². The Morgan fingerprint density at radius 2 is 2.15 bits per heavy atom. The first kappa shape index (κ1) is 10.1. The lowest BCUT2D eigenvalue weighted by Crippen LogP contribution is -2.59. The normalized spacial score (nSPS) is 24.5. The number of piperazine rings is 1. The fraction of sp³-hybridized carbons (Fsp3) is 0.833. The van der Waals surface area contributed by atoms with Crippen LogP contribution in [-0.2, 0) is 0 Å². The molecule has 0 aromatic carbocycles. The van der Waals surface area contributed by atoms with E-state index in [0.29, 0.717) is 4.90 Å². The predicted molar refractivity (Wildman–Crippen MR) is 37.4 cm³/mol. The first-order chi connectivity index (χ1) is 5.93. The summed E-state index contributed by atoms with van der Waals surface area (Å²) in [4.78, 5) is 10.8. The van der Waals surface area contributed by atoms with Gasteiger partial charge in [0.1, 0.15) is 6.04 Å². The largest absolute Gasteiger partial charge is 0.465 e. The molecule has 1 atom stereocenters. The van der Waals surface area contributed by atoms with Crippen LogP contribution < -0.4 is 5.32 Å². The van der Waals surface area contributed by atoms with Crippen LogP contribution in [0.1, 0.15) is 0 Å². The first-order valence-electron chi connectivity index (χ1n) is 3.70. The molecule has 1 unspecified atom stereocenters. The van der Waals surface area contributed by atoms with Gasteiger partial charge in [0.2, 0.25) is 0 Å². The van der Waals surface area contributed by atoms with Gasteiger partial charge in [0.05, 0.1) is 0 Å². The minimum absolute atomic E-state index is 0.125. The zero-order valence-electron chi connectivity index (χ0n) is 6.64. The molecule has 1 amide bonds. The number of carboxylic acid groups (broad SMARTS) is 1. The van der Waals surface area contributed by atoms with Gasteiger partial charge in [0.15, 0.2) is 0 Å². The van der Waals surface area contributed by atoms with Crippen molar-refractivity contribution < 1.29 is 23.1 Å². The predicted octanol–water partition coefficient (Wildman–Crippen LogP) is 0.500. The number of hydrogen-bond acceptors (Lipinski definition) is 2. The molecule has 0 spiro atoms. The maximum absolute atomic E-state index is 12.2. The van der Waals surface area contributed by atoms with Gasteiger partial charge in [-0.3, -0.25) is 4.90 Å². The summed E-state index contributed by atoms with van der Waals surface area (Å²) in [6.07, 6.45) is -6.02. The van der Waals surface area contributed by atoms with Crippen LogP contribution in [-0.4, -0.2) is 48.0 Å². The Bertz CT molecular complexity index is 207. The van der Waals surface area contributed by atoms with Gasteiger partial charge < -0.3 is 10.4 Å². The summed E-state index contributed by atoms with van der Waals surface area (Å²) < 4.78 is 36.6. The van der Waals surface area contributed by atoms with Crippen LogP contribution in [0.25, 0.3) is 0 Å². The molecule has 7 heteroatoms. The SMILES string of the molecule is O=C(O)N1CCNCC1C(F)(F)F. The van der Waals surface area contributed by atoms with Crippen molar-refractivity contribution in [3.8, 4) is 0 Å². The van der Waals surface area contributed by atoms with Crippen molar-refractivity contribution >= 4 is 6.09 Å². The Morgan fingerprint density at radius 1 is 1.54 bits per heavy atom. The van der Waals surface area contributed by atoms with E-state index in [4.69, 9.17) is 5.11 Å². The summed E-state index contributed by atoms with van der Waals surface area (Å²) in [6.45, 7) is -0.228. The summed E-state index contributed by atoms with van der Waals surface area (Å²) in [7, 11) is 0. The van der Waals surface area contributed by atoms with E-state index in [2.05, 4.69) is 5.32 Å². The van der Waals surface area contributed by atoms with Crippen LogP contribution in [0.5, 0.6) is 0 Å². The molecule has 0 aromatic rings. The van der Waals surface area contributed by atoms with Crippen molar-refractivity contribution in [1.29, 1.82) is 0 Å². The third-order valence-corrected chi connectivity index (χ3v) is 1.87. The molecule has 0 bridgehead atoms. The summed E-state index contributed by atoms with van der Waals surface area (Å²) >= 11 is 0. The number of alkyl halides is 3. The van der Waals surface area contributed by atoms with Crippen LogP contribution >= 0.6 is 0 Å². The number of carbonyl (C=O) groups is 1. The molecule has 1 heterocycles. The molecule has 76 valence electrons. The van der Waals surface area contributed by atoms with Crippen molar-refractivity contribution in [2.75, 3.05) is 19.6 Å². The molecule has 1 aliphatic rings. The minimum Gasteiger partial charge on any atom is -0.465 e. The average Bonchev–Trinajstić information content (AvgIpc) is 2.03. The van der Waals surface area contributed by atoms with Crippen LogP contribution in [0.15, 0.2) is 0 Å². The molecule has 0 aromatic heterocycles. The number of nitrogens with zero attached hydrogens (tertiary/aromatic N) is 1. The van der Waals surface area contributed by atoms with E-state index in [1.807, 2.05) is 0 Å². The van der Waals surface area contributed by atoms with Crippen molar-refractivity contribution in [1.82, 2.24) is 10.2 Å². The number of halogens is 3. The van der Waals surface area contributed by atoms with Gasteiger partial charge in [-0.1, -0.05) is 0 Å². The molecule has 1 saturated heterocycles. The van der Waals surface area contributed by atoms with Crippen molar-refractivity contribution in [3.63, 3.8) is 0 Å².